The summed E-state index contributed by atoms with van der Waals surface area (Å²) < 4.78 is 38.4. The smallest absolute Gasteiger partial charge is 0.369 e. The predicted molar refractivity (Wildman–Crippen MR) is 59.5 cm³/mol. The molecule has 96 valence electrons. The third-order valence-electron chi connectivity index (χ3n) is 2.46. The zero-order chi connectivity index (χ0) is 13.3. The van der Waals surface area contributed by atoms with Crippen molar-refractivity contribution in [2.75, 3.05) is 0 Å². The summed E-state index contributed by atoms with van der Waals surface area (Å²) in [6.45, 7) is 0. The minimum absolute atomic E-state index is 0.145. The van der Waals surface area contributed by atoms with Gasteiger partial charge < -0.3 is 11.1 Å². The first-order valence-corrected chi connectivity index (χ1v) is 5.15. The number of nitrogens with zero attached hydrogens (tertiary/aromatic N) is 1. The van der Waals surface area contributed by atoms with E-state index in [2.05, 4.69) is 10.3 Å². The summed E-state index contributed by atoms with van der Waals surface area (Å²) in [5.41, 5.74) is 4.71. The van der Waals surface area contributed by atoms with E-state index in [9.17, 15) is 18.0 Å². The fourth-order valence-electron chi connectivity index (χ4n) is 1.74. The Morgan fingerprint density at radius 1 is 1.50 bits per heavy atom. The number of fused-ring (bicyclic) bond motifs is 1. The van der Waals surface area contributed by atoms with E-state index in [1.807, 2.05) is 0 Å². The maximum Gasteiger partial charge on any atom is 0.415 e. The Morgan fingerprint density at radius 2 is 2.22 bits per heavy atom. The molecule has 1 amide bonds. The van der Waals surface area contributed by atoms with Gasteiger partial charge in [-0.05, 0) is 12.2 Å². The topological polar surface area (TPSA) is 67.5 Å². The highest BCUT2D eigenvalue weighted by Gasteiger charge is 2.39. The maximum atomic E-state index is 12.8. The highest BCUT2D eigenvalue weighted by molar-refractivity contribution is 6.00. The molecule has 0 aromatic rings. The van der Waals surface area contributed by atoms with Gasteiger partial charge in [0.2, 0.25) is 5.91 Å². The van der Waals surface area contributed by atoms with Crippen molar-refractivity contribution in [3.8, 4) is 0 Å². The fraction of sp³-hybridized carbons (Fsp3) is 0.273. The van der Waals surface area contributed by atoms with Crippen LogP contribution >= 0.6 is 0 Å². The first-order valence-electron chi connectivity index (χ1n) is 5.15. The van der Waals surface area contributed by atoms with Gasteiger partial charge in [-0.15, -0.1) is 0 Å². The molecule has 18 heavy (non-hydrogen) atoms. The molecule has 2 bridgehead atoms. The van der Waals surface area contributed by atoms with Crippen LogP contribution in [0.15, 0.2) is 40.6 Å². The van der Waals surface area contributed by atoms with Crippen molar-refractivity contribution in [3.63, 3.8) is 0 Å². The van der Waals surface area contributed by atoms with Crippen LogP contribution in [0, 0.1) is 0 Å². The number of carbonyl (C=O) groups excluding carboxylic acids is 1. The number of aliphatic imine (C=N–C) groups is 1. The van der Waals surface area contributed by atoms with Gasteiger partial charge in [0, 0.05) is 5.70 Å². The number of hydrogen-bond donors (Lipinski definition) is 2. The Labute approximate surface area is 101 Å². The monoisotopic (exact) mass is 257 g/mol. The highest BCUT2D eigenvalue weighted by Crippen LogP contribution is 2.33. The fourth-order valence-corrected chi connectivity index (χ4v) is 1.74. The summed E-state index contributed by atoms with van der Waals surface area (Å²) in [7, 11) is 0. The number of allylic oxidation sites excluding steroid dienone is 3. The van der Waals surface area contributed by atoms with Gasteiger partial charge >= 0.3 is 6.18 Å². The summed E-state index contributed by atoms with van der Waals surface area (Å²) in [6, 6.07) is -1.13. The van der Waals surface area contributed by atoms with Gasteiger partial charge in [-0.25, -0.2) is 0 Å². The predicted octanol–water partition coefficient (Wildman–Crippen LogP) is 1.17. The second-order valence-electron chi connectivity index (χ2n) is 3.89. The molecule has 0 aromatic carbocycles. The van der Waals surface area contributed by atoms with E-state index in [0.717, 1.165) is 6.08 Å². The molecule has 1 aliphatic carbocycles. The van der Waals surface area contributed by atoms with Gasteiger partial charge in [-0.2, -0.15) is 13.2 Å². The number of amidine groups is 1. The first-order chi connectivity index (χ1) is 8.36. The van der Waals surface area contributed by atoms with Gasteiger partial charge in [-0.1, -0.05) is 12.2 Å². The van der Waals surface area contributed by atoms with E-state index < -0.39 is 23.7 Å². The van der Waals surface area contributed by atoms with Crippen molar-refractivity contribution >= 4 is 11.7 Å². The largest absolute Gasteiger partial charge is 0.415 e. The quantitative estimate of drug-likeness (QED) is 0.779. The van der Waals surface area contributed by atoms with Crippen LogP contribution in [0.4, 0.5) is 13.2 Å². The average molecular weight is 257 g/mol. The molecule has 0 fully saturated rings. The van der Waals surface area contributed by atoms with Crippen molar-refractivity contribution in [2.24, 2.45) is 10.7 Å². The molecule has 7 heteroatoms. The second kappa shape index (κ2) is 4.32. The minimum atomic E-state index is -4.46. The molecular formula is C11H10F3N3O. The summed E-state index contributed by atoms with van der Waals surface area (Å²) in [5, 5.41) is 2.75. The molecule has 0 radical (unpaired) electrons. The molecule has 1 aliphatic heterocycles. The van der Waals surface area contributed by atoms with Crippen LogP contribution in [0.5, 0.6) is 0 Å². The highest BCUT2D eigenvalue weighted by atomic mass is 19.4. The lowest BCUT2D eigenvalue weighted by Gasteiger charge is -2.22. The van der Waals surface area contributed by atoms with Crippen LogP contribution in [0.1, 0.15) is 6.42 Å². The number of rotatable bonds is 2. The summed E-state index contributed by atoms with van der Waals surface area (Å²) in [4.78, 5) is 14.6. The third kappa shape index (κ3) is 2.61. The zero-order valence-corrected chi connectivity index (χ0v) is 9.16. The lowest BCUT2D eigenvalue weighted by molar-refractivity contribution is -0.116. The first kappa shape index (κ1) is 12.4. The second-order valence-corrected chi connectivity index (χ2v) is 3.89. The van der Waals surface area contributed by atoms with Gasteiger partial charge in [0.15, 0.2) is 0 Å². The number of nitrogens with two attached hydrogens (primary N) is 1. The van der Waals surface area contributed by atoms with E-state index >= 15 is 0 Å². The van der Waals surface area contributed by atoms with Crippen LogP contribution in [0.2, 0.25) is 0 Å². The number of carbonyl (C=O) groups is 1. The Kier molecular flexibility index (Phi) is 2.98. The Hall–Kier alpha value is -2.05. The number of hydrogen-bond acceptors (Lipinski definition) is 3. The van der Waals surface area contributed by atoms with E-state index in [1.54, 1.807) is 0 Å². The standard InChI is InChI=1S/C11H10F3N3O/c12-11(13,14)7-3-1-2-6-4-8(7)17-10(16-6)5-9(15)18/h1-4,8H,5H2,(H2,15,18)(H,16,17). The molecule has 1 heterocycles. The molecular weight excluding hydrogens is 247 g/mol. The average Bonchev–Trinajstić information content (AvgIpc) is 2.34. The molecule has 3 N–H and O–H groups in total. The van der Waals surface area contributed by atoms with Crippen LogP contribution in [-0.4, -0.2) is 24.0 Å². The number of nitrogens with one attached hydrogen (secondary N) is 1. The van der Waals surface area contributed by atoms with Gasteiger partial charge in [-0.3, -0.25) is 9.79 Å². The minimum Gasteiger partial charge on any atom is -0.369 e. The lowest BCUT2D eigenvalue weighted by atomic mass is 10.1. The van der Waals surface area contributed by atoms with Crippen molar-refractivity contribution in [3.05, 3.63) is 35.6 Å². The molecule has 0 saturated carbocycles. The molecule has 4 nitrogen and oxygen atoms in total. The third-order valence-corrected chi connectivity index (χ3v) is 2.46. The number of primary amides is 1. The van der Waals surface area contributed by atoms with Crippen molar-refractivity contribution in [1.29, 1.82) is 0 Å². The van der Waals surface area contributed by atoms with Crippen LogP contribution in [0.3, 0.4) is 0 Å². The van der Waals surface area contributed by atoms with Gasteiger partial charge in [0.05, 0.1) is 12.0 Å². The zero-order valence-electron chi connectivity index (χ0n) is 9.16. The number of amides is 1. The summed E-state index contributed by atoms with van der Waals surface area (Å²) in [5.74, 6) is -0.506. The molecule has 1 unspecified atom stereocenters. The van der Waals surface area contributed by atoms with Gasteiger partial charge in [0.1, 0.15) is 11.9 Å². The van der Waals surface area contributed by atoms with E-state index in [4.69, 9.17) is 5.73 Å². The Balaban J connectivity index is 2.33. The van der Waals surface area contributed by atoms with Crippen LogP contribution in [-0.2, 0) is 4.79 Å². The lowest BCUT2D eigenvalue weighted by Crippen LogP contribution is -2.34. The van der Waals surface area contributed by atoms with E-state index in [-0.39, 0.29) is 12.3 Å². The number of alkyl halides is 3. The van der Waals surface area contributed by atoms with Crippen LogP contribution in [0.25, 0.3) is 0 Å². The molecule has 0 saturated heterocycles. The maximum absolute atomic E-state index is 12.8. The molecule has 0 aromatic heterocycles. The molecule has 2 aliphatic rings. The normalized spacial score (nSPS) is 22.4. The summed E-state index contributed by atoms with van der Waals surface area (Å²) >= 11 is 0. The van der Waals surface area contributed by atoms with E-state index in [0.29, 0.717) is 5.70 Å². The van der Waals surface area contributed by atoms with Gasteiger partial charge in [0.25, 0.3) is 0 Å². The molecule has 1 atom stereocenters. The Morgan fingerprint density at radius 3 is 2.83 bits per heavy atom. The van der Waals surface area contributed by atoms with E-state index in [1.165, 1.54) is 18.2 Å². The molecule has 2 rings (SSSR count). The number of halogens is 3. The van der Waals surface area contributed by atoms with Crippen molar-refractivity contribution < 1.29 is 18.0 Å². The molecule has 0 spiro atoms. The van der Waals surface area contributed by atoms with Crippen molar-refractivity contribution in [1.82, 2.24) is 5.32 Å². The van der Waals surface area contributed by atoms with Crippen molar-refractivity contribution in [2.45, 2.75) is 18.6 Å². The Bertz CT molecular complexity index is 500. The summed E-state index contributed by atoms with van der Waals surface area (Å²) in [6.07, 6.45) is 0.443. The SMILES string of the molecule is NC(=O)CC1=NC2C=C(C=CC=C2C(F)(F)F)N1. The van der Waals surface area contributed by atoms with Crippen LogP contribution < -0.4 is 11.1 Å².